The first-order valence-electron chi connectivity index (χ1n) is 9.05. The first-order valence-corrected chi connectivity index (χ1v) is 9.05. The van der Waals surface area contributed by atoms with Gasteiger partial charge in [-0.2, -0.15) is 0 Å². The molecule has 0 radical (unpaired) electrons. The molecule has 0 amide bonds. The van der Waals surface area contributed by atoms with E-state index in [1.54, 1.807) is 0 Å². The van der Waals surface area contributed by atoms with Crippen LogP contribution in [0.15, 0.2) is 0 Å². The maximum absolute atomic E-state index is 6.65. The lowest BCUT2D eigenvalue weighted by Crippen LogP contribution is -2.37. The van der Waals surface area contributed by atoms with E-state index in [1.165, 1.54) is 77.2 Å². The lowest BCUT2D eigenvalue weighted by Gasteiger charge is -2.36. The van der Waals surface area contributed by atoms with Gasteiger partial charge in [-0.3, -0.25) is 0 Å². The van der Waals surface area contributed by atoms with Crippen LogP contribution in [0.3, 0.4) is 0 Å². The zero-order valence-corrected chi connectivity index (χ0v) is 13.1. The topological polar surface area (TPSA) is 21.3 Å². The van der Waals surface area contributed by atoms with Crippen LogP contribution < -0.4 is 5.32 Å². The highest BCUT2D eigenvalue weighted by atomic mass is 16.5. The van der Waals surface area contributed by atoms with Crippen molar-refractivity contribution in [2.45, 2.75) is 82.3 Å². The Balaban J connectivity index is 1.38. The van der Waals surface area contributed by atoms with Crippen molar-refractivity contribution >= 4 is 0 Å². The van der Waals surface area contributed by atoms with Gasteiger partial charge in [0.15, 0.2) is 0 Å². The molecule has 20 heavy (non-hydrogen) atoms. The molecule has 2 nitrogen and oxygen atoms in total. The maximum atomic E-state index is 6.65. The first-order chi connectivity index (χ1) is 9.73. The second kappa shape index (κ2) is 4.98. The van der Waals surface area contributed by atoms with Crippen LogP contribution in [-0.2, 0) is 4.74 Å². The lowest BCUT2D eigenvalue weighted by atomic mass is 9.77. The molecule has 1 N–H and O–H groups in total. The van der Waals surface area contributed by atoms with E-state index in [-0.39, 0.29) is 0 Å². The van der Waals surface area contributed by atoms with Gasteiger partial charge in [-0.1, -0.05) is 19.3 Å². The zero-order valence-electron chi connectivity index (χ0n) is 13.1. The van der Waals surface area contributed by atoms with Gasteiger partial charge >= 0.3 is 0 Å². The van der Waals surface area contributed by atoms with Gasteiger partial charge in [0.1, 0.15) is 0 Å². The summed E-state index contributed by atoms with van der Waals surface area (Å²) in [5, 5.41) is 3.48. The van der Waals surface area contributed by atoms with Crippen LogP contribution in [0, 0.1) is 17.3 Å². The van der Waals surface area contributed by atoms with Crippen LogP contribution in [0.4, 0.5) is 0 Å². The Bertz CT molecular complexity index is 350. The number of fused-ring (bicyclic) bond motifs is 1. The molecule has 1 heterocycles. The van der Waals surface area contributed by atoms with Crippen LogP contribution in [0.5, 0.6) is 0 Å². The summed E-state index contributed by atoms with van der Waals surface area (Å²) in [5.74, 6) is 2.15. The molecule has 3 aliphatic carbocycles. The van der Waals surface area contributed by atoms with E-state index >= 15 is 0 Å². The van der Waals surface area contributed by atoms with E-state index < -0.39 is 0 Å². The number of ether oxygens (including phenoxy) is 1. The highest BCUT2D eigenvalue weighted by molar-refractivity contribution is 5.05. The van der Waals surface area contributed by atoms with Crippen molar-refractivity contribution < 1.29 is 4.74 Å². The second-order valence-electron chi connectivity index (χ2n) is 8.42. The largest absolute Gasteiger partial charge is 0.372 e. The lowest BCUT2D eigenvalue weighted by molar-refractivity contribution is -0.0773. The molecule has 1 saturated heterocycles. The molecule has 1 aliphatic heterocycles. The summed E-state index contributed by atoms with van der Waals surface area (Å²) in [6, 6.07) is 0. The normalized spacial score (nSPS) is 45.8. The minimum Gasteiger partial charge on any atom is -0.372 e. The average molecular weight is 277 g/mol. The summed E-state index contributed by atoms with van der Waals surface area (Å²) in [6.45, 7) is 1.22. The number of rotatable bonds is 4. The summed E-state index contributed by atoms with van der Waals surface area (Å²) >= 11 is 0. The third-order valence-corrected chi connectivity index (χ3v) is 6.78. The highest BCUT2D eigenvalue weighted by Crippen LogP contribution is 2.62. The smallest absolute Gasteiger partial charge is 0.0687 e. The predicted octanol–water partition coefficient (Wildman–Crippen LogP) is 3.89. The van der Waals surface area contributed by atoms with Crippen LogP contribution >= 0.6 is 0 Å². The molecule has 4 fully saturated rings. The third kappa shape index (κ3) is 2.43. The molecule has 1 spiro atoms. The van der Waals surface area contributed by atoms with E-state index in [0.717, 1.165) is 11.8 Å². The molecule has 4 aliphatic rings. The fourth-order valence-corrected chi connectivity index (χ4v) is 5.85. The number of hydrogen-bond acceptors (Lipinski definition) is 2. The Morgan fingerprint density at radius 1 is 1.05 bits per heavy atom. The van der Waals surface area contributed by atoms with Gasteiger partial charge in [-0.15, -0.1) is 0 Å². The van der Waals surface area contributed by atoms with Gasteiger partial charge < -0.3 is 10.1 Å². The molecule has 0 aromatic heterocycles. The van der Waals surface area contributed by atoms with Crippen molar-refractivity contribution in [1.29, 1.82) is 0 Å². The van der Waals surface area contributed by atoms with Crippen molar-refractivity contribution in [2.24, 2.45) is 17.3 Å². The van der Waals surface area contributed by atoms with Gasteiger partial charge in [0.05, 0.1) is 11.7 Å². The molecule has 114 valence electrons. The Hall–Kier alpha value is -0.0800. The van der Waals surface area contributed by atoms with Crippen molar-refractivity contribution in [1.82, 2.24) is 5.32 Å². The van der Waals surface area contributed by atoms with E-state index in [0.29, 0.717) is 17.1 Å². The third-order valence-electron chi connectivity index (χ3n) is 6.78. The van der Waals surface area contributed by atoms with E-state index in [1.807, 2.05) is 0 Å². The zero-order chi connectivity index (χ0) is 13.6. The molecule has 0 aromatic rings. The van der Waals surface area contributed by atoms with E-state index in [9.17, 15) is 0 Å². The maximum Gasteiger partial charge on any atom is 0.0687 e. The molecular weight excluding hydrogens is 246 g/mol. The monoisotopic (exact) mass is 277 g/mol. The second-order valence-corrected chi connectivity index (χ2v) is 8.42. The Morgan fingerprint density at radius 2 is 1.80 bits per heavy atom. The fourth-order valence-electron chi connectivity index (χ4n) is 5.85. The summed E-state index contributed by atoms with van der Waals surface area (Å²) in [7, 11) is 2.13. The summed E-state index contributed by atoms with van der Waals surface area (Å²) < 4.78 is 6.65. The summed E-state index contributed by atoms with van der Waals surface area (Å²) in [4.78, 5) is 0. The van der Waals surface area contributed by atoms with Crippen molar-refractivity contribution in [2.75, 3.05) is 13.6 Å². The standard InChI is InChI=1S/C18H31NO/c1-19-13-17(10-14-9-15(14)11-17)12-16-5-8-18(20-16)6-3-2-4-7-18/h14-16,19H,2-13H2,1H3. The molecule has 0 aromatic carbocycles. The highest BCUT2D eigenvalue weighted by Gasteiger charge is 2.54. The number of hydrogen-bond donors (Lipinski definition) is 1. The van der Waals surface area contributed by atoms with E-state index in [2.05, 4.69) is 12.4 Å². The van der Waals surface area contributed by atoms with E-state index in [4.69, 9.17) is 4.74 Å². The van der Waals surface area contributed by atoms with Gasteiger partial charge in [0.2, 0.25) is 0 Å². The van der Waals surface area contributed by atoms with Crippen molar-refractivity contribution in [3.8, 4) is 0 Å². The Kier molecular flexibility index (Phi) is 3.38. The van der Waals surface area contributed by atoms with Crippen LogP contribution in [0.2, 0.25) is 0 Å². The minimum atomic E-state index is 0.311. The molecule has 0 bridgehead atoms. The number of nitrogens with one attached hydrogen (secondary N) is 1. The van der Waals surface area contributed by atoms with Gasteiger partial charge in [-0.05, 0) is 75.7 Å². The van der Waals surface area contributed by atoms with Crippen molar-refractivity contribution in [3.05, 3.63) is 0 Å². The summed E-state index contributed by atoms with van der Waals surface area (Å²) in [6.07, 6.45) is 16.0. The van der Waals surface area contributed by atoms with Gasteiger partial charge in [0.25, 0.3) is 0 Å². The predicted molar refractivity (Wildman–Crippen MR) is 81.7 cm³/mol. The molecule has 3 saturated carbocycles. The quantitative estimate of drug-likeness (QED) is 0.841. The SMILES string of the molecule is CNCC1(CC2CCC3(CCCCC3)O2)CC2CC2C1. The average Bonchev–Trinajstić information content (AvgIpc) is 2.88. The molecule has 3 unspecified atom stereocenters. The fraction of sp³-hybridized carbons (Fsp3) is 1.00. The Labute approximate surface area is 124 Å². The van der Waals surface area contributed by atoms with Gasteiger partial charge in [-0.25, -0.2) is 0 Å². The summed E-state index contributed by atoms with van der Waals surface area (Å²) in [5.41, 5.74) is 0.887. The van der Waals surface area contributed by atoms with Crippen molar-refractivity contribution in [3.63, 3.8) is 0 Å². The first kappa shape index (κ1) is 13.6. The van der Waals surface area contributed by atoms with Crippen LogP contribution in [-0.4, -0.2) is 25.3 Å². The molecular formula is C18H31NO. The van der Waals surface area contributed by atoms with Crippen LogP contribution in [0.25, 0.3) is 0 Å². The molecule has 2 heteroatoms. The van der Waals surface area contributed by atoms with Gasteiger partial charge in [0, 0.05) is 6.54 Å². The van der Waals surface area contributed by atoms with Crippen LogP contribution in [0.1, 0.15) is 70.6 Å². The molecule has 4 rings (SSSR count). The molecule has 3 atom stereocenters. The Morgan fingerprint density at radius 3 is 2.50 bits per heavy atom. The minimum absolute atomic E-state index is 0.311.